The molecule has 0 aliphatic heterocycles. The minimum absolute atomic E-state index is 1.12. The molecule has 0 heterocycles. The normalized spacial score (nSPS) is 11.8. The molecule has 112 valence electrons. The van der Waals surface area contributed by atoms with Crippen LogP contribution in [0, 0.1) is 0 Å². The van der Waals surface area contributed by atoms with Crippen LogP contribution in [0.5, 0.6) is 0 Å². The van der Waals surface area contributed by atoms with Crippen molar-refractivity contribution in [3.05, 3.63) is 60.7 Å². The minimum atomic E-state index is -1.84. The second kappa shape index (κ2) is 7.58. The summed E-state index contributed by atoms with van der Waals surface area (Å²) in [5, 5.41) is 3.09. The number of hydrogen-bond acceptors (Lipinski definition) is 1. The van der Waals surface area contributed by atoms with Gasteiger partial charge in [-0.2, -0.15) is 0 Å². The molecule has 0 atom stereocenters. The van der Waals surface area contributed by atoms with Crippen LogP contribution < -0.4 is 10.4 Å². The molecule has 0 N–H and O–H groups in total. The zero-order chi connectivity index (χ0) is 15.1. The fourth-order valence-corrected chi connectivity index (χ4v) is 8.78. The topological polar surface area (TPSA) is 3.24 Å². The van der Waals surface area contributed by atoms with Crippen LogP contribution in [0.1, 0.15) is 27.2 Å². The van der Waals surface area contributed by atoms with E-state index >= 15 is 0 Å². The highest BCUT2D eigenvalue weighted by Crippen LogP contribution is 2.18. The van der Waals surface area contributed by atoms with Crippen molar-refractivity contribution in [2.24, 2.45) is 0 Å². The minimum Gasteiger partial charge on any atom is -0.317 e. The first-order valence-corrected chi connectivity index (χ1v) is 10.3. The van der Waals surface area contributed by atoms with Crippen LogP contribution in [0.3, 0.4) is 0 Å². The van der Waals surface area contributed by atoms with Gasteiger partial charge in [0.1, 0.15) is 0 Å². The van der Waals surface area contributed by atoms with E-state index in [2.05, 4.69) is 86.0 Å². The molecule has 2 rings (SSSR count). The SMILES string of the molecule is CCC[Si](c1ccccc1)(c1ccccc1)N(CC)CC. The van der Waals surface area contributed by atoms with Gasteiger partial charge in [0, 0.05) is 0 Å². The molecule has 2 aromatic carbocycles. The van der Waals surface area contributed by atoms with E-state index in [-0.39, 0.29) is 0 Å². The molecule has 0 saturated heterocycles. The molecule has 1 nitrogen and oxygen atoms in total. The summed E-state index contributed by atoms with van der Waals surface area (Å²) in [6.07, 6.45) is 1.23. The summed E-state index contributed by atoms with van der Waals surface area (Å²) in [5.74, 6) is 0. The first-order valence-electron chi connectivity index (χ1n) is 8.15. The van der Waals surface area contributed by atoms with Crippen molar-refractivity contribution in [1.82, 2.24) is 4.57 Å². The van der Waals surface area contributed by atoms with E-state index in [0.717, 1.165) is 13.1 Å². The Labute approximate surface area is 130 Å². The van der Waals surface area contributed by atoms with Crippen molar-refractivity contribution in [3.8, 4) is 0 Å². The van der Waals surface area contributed by atoms with Gasteiger partial charge in [-0.25, -0.2) is 0 Å². The van der Waals surface area contributed by atoms with Crippen LogP contribution in [-0.2, 0) is 0 Å². The van der Waals surface area contributed by atoms with Crippen molar-refractivity contribution in [2.75, 3.05) is 13.1 Å². The summed E-state index contributed by atoms with van der Waals surface area (Å²) in [7, 11) is -1.84. The smallest absolute Gasteiger partial charge is 0.192 e. The molecule has 0 fully saturated rings. The van der Waals surface area contributed by atoms with Crippen LogP contribution in [0.4, 0.5) is 0 Å². The van der Waals surface area contributed by atoms with E-state index in [0.29, 0.717) is 0 Å². The van der Waals surface area contributed by atoms with Crippen molar-refractivity contribution in [3.63, 3.8) is 0 Å². The third kappa shape index (κ3) is 3.12. The monoisotopic (exact) mass is 297 g/mol. The number of benzene rings is 2. The molecule has 21 heavy (non-hydrogen) atoms. The third-order valence-electron chi connectivity index (χ3n) is 4.42. The Morgan fingerprint density at radius 2 is 1.14 bits per heavy atom. The highest BCUT2D eigenvalue weighted by Gasteiger charge is 2.41. The maximum atomic E-state index is 2.74. The zero-order valence-corrected chi connectivity index (χ0v) is 14.5. The van der Waals surface area contributed by atoms with Crippen LogP contribution in [0.25, 0.3) is 0 Å². The molecule has 0 amide bonds. The van der Waals surface area contributed by atoms with Gasteiger partial charge in [-0.15, -0.1) is 0 Å². The lowest BCUT2D eigenvalue weighted by atomic mass is 10.4. The Hall–Kier alpha value is -1.38. The Balaban J connectivity index is 2.65. The highest BCUT2D eigenvalue weighted by molar-refractivity contribution is 7.00. The molecule has 2 aromatic rings. The zero-order valence-electron chi connectivity index (χ0n) is 13.5. The molecule has 0 radical (unpaired) electrons. The maximum Gasteiger partial charge on any atom is 0.192 e. The molecule has 2 heteroatoms. The van der Waals surface area contributed by atoms with E-state index < -0.39 is 8.24 Å². The first-order chi connectivity index (χ1) is 10.3. The van der Waals surface area contributed by atoms with E-state index in [9.17, 15) is 0 Å². The van der Waals surface area contributed by atoms with Gasteiger partial charge < -0.3 is 4.57 Å². The molecular formula is C19H27NSi. The van der Waals surface area contributed by atoms with E-state index in [1.807, 2.05) is 0 Å². The van der Waals surface area contributed by atoms with Gasteiger partial charge in [-0.05, 0) is 29.5 Å². The standard InChI is InChI=1S/C19H27NSi/c1-4-17-21(20(5-2)6-3,18-13-9-7-10-14-18)19-15-11-8-12-16-19/h7-16H,4-6,17H2,1-3H3. The average molecular weight is 298 g/mol. The van der Waals surface area contributed by atoms with Crippen molar-refractivity contribution in [2.45, 2.75) is 33.2 Å². The Morgan fingerprint density at radius 3 is 1.48 bits per heavy atom. The third-order valence-corrected chi connectivity index (χ3v) is 9.93. The summed E-state index contributed by atoms with van der Waals surface area (Å²) < 4.78 is 2.74. The molecule has 0 spiro atoms. The lowest BCUT2D eigenvalue weighted by Crippen LogP contribution is -2.69. The summed E-state index contributed by atoms with van der Waals surface area (Å²) in [6, 6.07) is 23.7. The Morgan fingerprint density at radius 1 is 0.714 bits per heavy atom. The summed E-state index contributed by atoms with van der Waals surface area (Å²) >= 11 is 0. The summed E-state index contributed by atoms with van der Waals surface area (Å²) in [5.41, 5.74) is 0. The predicted octanol–water partition coefficient (Wildman–Crippen LogP) is 3.50. The Kier molecular flexibility index (Phi) is 5.77. The van der Waals surface area contributed by atoms with Crippen LogP contribution in [0.15, 0.2) is 60.7 Å². The van der Waals surface area contributed by atoms with Crippen LogP contribution >= 0.6 is 0 Å². The predicted molar refractivity (Wildman–Crippen MR) is 95.9 cm³/mol. The van der Waals surface area contributed by atoms with Gasteiger partial charge in [0.15, 0.2) is 8.24 Å². The first kappa shape index (κ1) is 16.0. The number of hydrogen-bond donors (Lipinski definition) is 0. The largest absolute Gasteiger partial charge is 0.317 e. The van der Waals surface area contributed by atoms with Gasteiger partial charge >= 0.3 is 0 Å². The summed E-state index contributed by atoms with van der Waals surface area (Å²) in [4.78, 5) is 0. The molecule has 0 saturated carbocycles. The molecule has 0 unspecified atom stereocenters. The molecule has 0 aliphatic rings. The van der Waals surface area contributed by atoms with Crippen molar-refractivity contribution in [1.29, 1.82) is 0 Å². The van der Waals surface area contributed by atoms with Crippen molar-refractivity contribution < 1.29 is 0 Å². The molecule has 0 aliphatic carbocycles. The quantitative estimate of drug-likeness (QED) is 0.707. The molecule has 0 bridgehead atoms. The second-order valence-electron chi connectivity index (χ2n) is 5.51. The van der Waals surface area contributed by atoms with Gasteiger partial charge in [-0.3, -0.25) is 0 Å². The fraction of sp³-hybridized carbons (Fsp3) is 0.368. The lowest BCUT2D eigenvalue weighted by Gasteiger charge is -2.42. The van der Waals surface area contributed by atoms with E-state index in [1.165, 1.54) is 12.5 Å². The Bertz CT molecular complexity index is 480. The maximum absolute atomic E-state index is 2.74. The number of rotatable bonds is 7. The molecular weight excluding hydrogens is 270 g/mol. The van der Waals surface area contributed by atoms with Gasteiger partial charge in [-0.1, -0.05) is 87.9 Å². The van der Waals surface area contributed by atoms with Crippen LogP contribution in [0.2, 0.25) is 6.04 Å². The highest BCUT2D eigenvalue weighted by atomic mass is 28.3. The number of nitrogens with zero attached hydrogens (tertiary/aromatic N) is 1. The average Bonchev–Trinajstić information content (AvgIpc) is 2.56. The van der Waals surface area contributed by atoms with Gasteiger partial charge in [0.05, 0.1) is 0 Å². The summed E-state index contributed by atoms with van der Waals surface area (Å²) in [6.45, 7) is 9.15. The molecule has 0 aromatic heterocycles. The fourth-order valence-electron chi connectivity index (χ4n) is 3.53. The second-order valence-corrected chi connectivity index (χ2v) is 9.52. The van der Waals surface area contributed by atoms with Gasteiger partial charge in [0.2, 0.25) is 0 Å². The van der Waals surface area contributed by atoms with Crippen LogP contribution in [-0.4, -0.2) is 25.9 Å². The van der Waals surface area contributed by atoms with E-state index in [4.69, 9.17) is 0 Å². The lowest BCUT2D eigenvalue weighted by molar-refractivity contribution is 0.472. The van der Waals surface area contributed by atoms with Gasteiger partial charge in [0.25, 0.3) is 0 Å². The van der Waals surface area contributed by atoms with E-state index in [1.54, 1.807) is 10.4 Å². The van der Waals surface area contributed by atoms with Crippen molar-refractivity contribution >= 4 is 18.6 Å².